The number of nitrogens with zero attached hydrogens (tertiary/aromatic N) is 2. The van der Waals surface area contributed by atoms with Gasteiger partial charge in [0.25, 0.3) is 0 Å². The van der Waals surface area contributed by atoms with Gasteiger partial charge in [-0.05, 0) is 31.9 Å². The molecule has 0 aliphatic rings. The first-order valence-corrected chi connectivity index (χ1v) is 9.68. The SMILES string of the molecule is CN=C(NCc1cccc(COC(C)(C)C)c1)NCc1ncc(C(C)(C)C)o1.I. The highest BCUT2D eigenvalue weighted by atomic mass is 127. The molecule has 162 valence electrons. The zero-order valence-electron chi connectivity index (χ0n) is 18.6. The summed E-state index contributed by atoms with van der Waals surface area (Å²) >= 11 is 0. The van der Waals surface area contributed by atoms with Gasteiger partial charge in [0.15, 0.2) is 5.96 Å². The Bertz CT molecular complexity index is 789. The van der Waals surface area contributed by atoms with Crippen LogP contribution in [0.3, 0.4) is 0 Å². The molecule has 1 aromatic heterocycles. The number of ether oxygens (including phenoxy) is 1. The minimum absolute atomic E-state index is 0. The van der Waals surface area contributed by atoms with Crippen molar-refractivity contribution in [1.82, 2.24) is 15.6 Å². The van der Waals surface area contributed by atoms with E-state index in [0.29, 0.717) is 31.5 Å². The molecule has 1 heterocycles. The Labute approximate surface area is 191 Å². The predicted octanol–water partition coefficient (Wildman–Crippen LogP) is 4.77. The molecule has 0 bridgehead atoms. The van der Waals surface area contributed by atoms with E-state index in [1.165, 1.54) is 5.56 Å². The summed E-state index contributed by atoms with van der Waals surface area (Å²) in [5.74, 6) is 2.22. The molecule has 2 rings (SSSR count). The summed E-state index contributed by atoms with van der Waals surface area (Å²) in [4.78, 5) is 8.60. The van der Waals surface area contributed by atoms with Crippen LogP contribution in [0.5, 0.6) is 0 Å². The third-order valence-electron chi connectivity index (χ3n) is 4.05. The van der Waals surface area contributed by atoms with Crippen LogP contribution in [-0.4, -0.2) is 23.6 Å². The molecule has 0 atom stereocenters. The molecule has 1 aromatic carbocycles. The van der Waals surface area contributed by atoms with Crippen LogP contribution in [-0.2, 0) is 29.8 Å². The minimum Gasteiger partial charge on any atom is -0.443 e. The lowest BCUT2D eigenvalue weighted by Crippen LogP contribution is -2.36. The van der Waals surface area contributed by atoms with Crippen molar-refractivity contribution in [3.8, 4) is 0 Å². The largest absolute Gasteiger partial charge is 0.443 e. The first-order valence-electron chi connectivity index (χ1n) is 9.68. The van der Waals surface area contributed by atoms with Gasteiger partial charge in [0.05, 0.1) is 24.9 Å². The molecule has 0 spiro atoms. The topological polar surface area (TPSA) is 71.7 Å². The summed E-state index contributed by atoms with van der Waals surface area (Å²) in [6.45, 7) is 14.2. The lowest BCUT2D eigenvalue weighted by atomic mass is 9.94. The van der Waals surface area contributed by atoms with Gasteiger partial charge in [-0.1, -0.05) is 45.0 Å². The number of oxazole rings is 1. The number of nitrogens with one attached hydrogen (secondary N) is 2. The van der Waals surface area contributed by atoms with Crippen molar-refractivity contribution in [3.05, 3.63) is 53.2 Å². The molecule has 2 aromatic rings. The molecule has 0 aliphatic heterocycles. The van der Waals surface area contributed by atoms with E-state index in [4.69, 9.17) is 9.15 Å². The summed E-state index contributed by atoms with van der Waals surface area (Å²) in [5, 5.41) is 6.56. The summed E-state index contributed by atoms with van der Waals surface area (Å²) < 4.78 is 11.7. The van der Waals surface area contributed by atoms with Crippen LogP contribution >= 0.6 is 24.0 Å². The Morgan fingerprint density at radius 1 is 1.07 bits per heavy atom. The second-order valence-electron chi connectivity index (χ2n) is 8.87. The van der Waals surface area contributed by atoms with Crippen molar-refractivity contribution in [2.24, 2.45) is 4.99 Å². The molecule has 0 radical (unpaired) electrons. The van der Waals surface area contributed by atoms with Crippen LogP contribution in [0.4, 0.5) is 0 Å². The standard InChI is InChI=1S/C22H34N4O2.HI/c1-21(2,3)18-13-24-19(28-18)14-26-20(23-7)25-12-16-9-8-10-17(11-16)15-27-22(4,5)6;/h8-11,13H,12,14-15H2,1-7H3,(H2,23,25,26);1H. The highest BCUT2D eigenvalue weighted by Gasteiger charge is 2.19. The highest BCUT2D eigenvalue weighted by Crippen LogP contribution is 2.22. The van der Waals surface area contributed by atoms with Gasteiger partial charge >= 0.3 is 0 Å². The maximum Gasteiger partial charge on any atom is 0.213 e. The number of halogens is 1. The summed E-state index contributed by atoms with van der Waals surface area (Å²) in [7, 11) is 1.75. The Balaban J connectivity index is 0.00000420. The second-order valence-corrected chi connectivity index (χ2v) is 8.87. The molecule has 2 N–H and O–H groups in total. The van der Waals surface area contributed by atoms with Gasteiger partial charge in [-0.3, -0.25) is 4.99 Å². The Kier molecular flexibility index (Phi) is 9.61. The van der Waals surface area contributed by atoms with E-state index in [-0.39, 0.29) is 35.0 Å². The van der Waals surface area contributed by atoms with E-state index >= 15 is 0 Å². The summed E-state index contributed by atoms with van der Waals surface area (Å²) in [5.41, 5.74) is 2.13. The van der Waals surface area contributed by atoms with Crippen LogP contribution in [0.15, 0.2) is 39.9 Å². The van der Waals surface area contributed by atoms with Crippen LogP contribution in [0.2, 0.25) is 0 Å². The predicted molar refractivity (Wildman–Crippen MR) is 129 cm³/mol. The van der Waals surface area contributed by atoms with Gasteiger partial charge in [0, 0.05) is 19.0 Å². The van der Waals surface area contributed by atoms with Gasteiger partial charge in [-0.15, -0.1) is 24.0 Å². The van der Waals surface area contributed by atoms with Crippen LogP contribution in [0.1, 0.15) is 64.3 Å². The number of aliphatic imine (C=N–C) groups is 1. The molecular formula is C22H35IN4O2. The Morgan fingerprint density at radius 3 is 2.31 bits per heavy atom. The first-order chi connectivity index (χ1) is 13.1. The van der Waals surface area contributed by atoms with E-state index in [1.807, 2.05) is 0 Å². The maximum atomic E-state index is 5.86. The van der Waals surface area contributed by atoms with Gasteiger partial charge in [-0.25, -0.2) is 4.98 Å². The number of hydrogen-bond acceptors (Lipinski definition) is 4. The maximum absolute atomic E-state index is 5.86. The molecule has 29 heavy (non-hydrogen) atoms. The lowest BCUT2D eigenvalue weighted by molar-refractivity contribution is -0.0149. The van der Waals surface area contributed by atoms with Crippen molar-refractivity contribution >= 4 is 29.9 Å². The van der Waals surface area contributed by atoms with E-state index in [1.54, 1.807) is 13.2 Å². The summed E-state index contributed by atoms with van der Waals surface area (Å²) in [6, 6.07) is 8.37. The molecule has 7 heteroatoms. The molecule has 6 nitrogen and oxygen atoms in total. The average molecular weight is 514 g/mol. The van der Waals surface area contributed by atoms with Gasteiger partial charge in [-0.2, -0.15) is 0 Å². The molecule has 0 unspecified atom stereocenters. The average Bonchev–Trinajstić information content (AvgIpc) is 3.09. The minimum atomic E-state index is -0.146. The monoisotopic (exact) mass is 514 g/mol. The van der Waals surface area contributed by atoms with Crippen molar-refractivity contribution < 1.29 is 9.15 Å². The zero-order valence-corrected chi connectivity index (χ0v) is 21.0. The molecule has 0 amide bonds. The van der Waals surface area contributed by atoms with Crippen molar-refractivity contribution in [3.63, 3.8) is 0 Å². The number of hydrogen-bond donors (Lipinski definition) is 2. The number of guanidine groups is 1. The van der Waals surface area contributed by atoms with Crippen molar-refractivity contribution in [1.29, 1.82) is 0 Å². The first kappa shape index (κ1) is 25.4. The van der Waals surface area contributed by atoms with Crippen molar-refractivity contribution in [2.45, 2.75) is 72.3 Å². The molecule has 0 saturated carbocycles. The fourth-order valence-corrected chi connectivity index (χ4v) is 2.43. The van der Waals surface area contributed by atoms with Crippen LogP contribution in [0.25, 0.3) is 0 Å². The van der Waals surface area contributed by atoms with Crippen LogP contribution < -0.4 is 10.6 Å². The Hall–Kier alpha value is -1.61. The number of benzene rings is 1. The molecule has 0 aliphatic carbocycles. The van der Waals surface area contributed by atoms with Crippen LogP contribution in [0, 0.1) is 0 Å². The lowest BCUT2D eigenvalue weighted by Gasteiger charge is -2.19. The molecule has 0 saturated heterocycles. The fraction of sp³-hybridized carbons (Fsp3) is 0.545. The normalized spacial score (nSPS) is 12.4. The number of aromatic nitrogens is 1. The van der Waals surface area contributed by atoms with E-state index in [0.717, 1.165) is 11.3 Å². The smallest absolute Gasteiger partial charge is 0.213 e. The van der Waals surface area contributed by atoms with Crippen molar-refractivity contribution in [2.75, 3.05) is 7.05 Å². The quantitative estimate of drug-likeness (QED) is 0.330. The zero-order chi connectivity index (χ0) is 20.8. The molecule has 0 fully saturated rings. The van der Waals surface area contributed by atoms with E-state index in [2.05, 4.69) is 86.4 Å². The second kappa shape index (κ2) is 11.0. The highest BCUT2D eigenvalue weighted by molar-refractivity contribution is 14.0. The third-order valence-corrected chi connectivity index (χ3v) is 4.05. The van der Waals surface area contributed by atoms with Gasteiger partial charge < -0.3 is 19.8 Å². The summed E-state index contributed by atoms with van der Waals surface area (Å²) in [6.07, 6.45) is 1.79. The number of rotatable bonds is 6. The molecular weight excluding hydrogens is 479 g/mol. The van der Waals surface area contributed by atoms with E-state index < -0.39 is 0 Å². The van der Waals surface area contributed by atoms with Gasteiger partial charge in [0.2, 0.25) is 5.89 Å². The Morgan fingerprint density at radius 2 is 1.72 bits per heavy atom. The van der Waals surface area contributed by atoms with Gasteiger partial charge in [0.1, 0.15) is 5.76 Å². The third kappa shape index (κ3) is 9.16. The van der Waals surface area contributed by atoms with E-state index in [9.17, 15) is 0 Å². The fourth-order valence-electron chi connectivity index (χ4n) is 2.43.